The third-order valence-electron chi connectivity index (χ3n) is 3.03. The second-order valence-corrected chi connectivity index (χ2v) is 5.40. The van der Waals surface area contributed by atoms with Crippen LogP contribution >= 0.6 is 23.2 Å². The molecule has 0 aliphatic heterocycles. The summed E-state index contributed by atoms with van der Waals surface area (Å²) in [5.41, 5.74) is 1.34. The van der Waals surface area contributed by atoms with Gasteiger partial charge in [0.15, 0.2) is 0 Å². The molecule has 0 aromatic heterocycles. The Morgan fingerprint density at radius 2 is 1.70 bits per heavy atom. The van der Waals surface area contributed by atoms with Crippen molar-refractivity contribution in [1.29, 1.82) is 0 Å². The molecule has 1 N–H and O–H groups in total. The van der Waals surface area contributed by atoms with Crippen molar-refractivity contribution in [3.05, 3.63) is 58.1 Å². The van der Waals surface area contributed by atoms with Crippen LogP contribution in [-0.4, -0.2) is 20.1 Å². The lowest BCUT2D eigenvalue weighted by Crippen LogP contribution is -2.09. The van der Waals surface area contributed by atoms with Crippen molar-refractivity contribution in [2.45, 2.75) is 0 Å². The average molecular weight is 352 g/mol. The van der Waals surface area contributed by atoms with Gasteiger partial charge in [-0.1, -0.05) is 35.3 Å². The van der Waals surface area contributed by atoms with Gasteiger partial charge >= 0.3 is 0 Å². The zero-order valence-electron chi connectivity index (χ0n) is 12.6. The van der Waals surface area contributed by atoms with E-state index in [2.05, 4.69) is 5.32 Å². The molecule has 0 fully saturated rings. The first kappa shape index (κ1) is 17.2. The van der Waals surface area contributed by atoms with E-state index in [1.165, 1.54) is 20.3 Å². The Morgan fingerprint density at radius 3 is 2.30 bits per heavy atom. The Labute approximate surface area is 144 Å². The van der Waals surface area contributed by atoms with Crippen LogP contribution in [0.1, 0.15) is 5.56 Å². The van der Waals surface area contributed by atoms with Crippen LogP contribution in [0.5, 0.6) is 11.5 Å². The van der Waals surface area contributed by atoms with Gasteiger partial charge in [0.2, 0.25) is 5.91 Å². The molecule has 0 bridgehead atoms. The molecular weight excluding hydrogens is 337 g/mol. The van der Waals surface area contributed by atoms with E-state index < -0.39 is 0 Å². The first-order valence-corrected chi connectivity index (χ1v) is 7.45. The summed E-state index contributed by atoms with van der Waals surface area (Å²) < 4.78 is 10.3. The fraction of sp³-hybridized carbons (Fsp3) is 0.118. The molecule has 0 aliphatic carbocycles. The Morgan fingerprint density at radius 1 is 1.04 bits per heavy atom. The molecule has 4 nitrogen and oxygen atoms in total. The fourth-order valence-electron chi connectivity index (χ4n) is 1.88. The van der Waals surface area contributed by atoms with Crippen LogP contribution in [0.3, 0.4) is 0 Å². The summed E-state index contributed by atoms with van der Waals surface area (Å²) in [6.07, 6.45) is 3.11. The van der Waals surface area contributed by atoms with Crippen LogP contribution in [0, 0.1) is 0 Å². The summed E-state index contributed by atoms with van der Waals surface area (Å²) in [6.45, 7) is 0. The molecule has 0 radical (unpaired) electrons. The minimum atomic E-state index is -0.303. The number of amides is 1. The lowest BCUT2D eigenvalue weighted by molar-refractivity contribution is -0.111. The molecule has 0 saturated carbocycles. The van der Waals surface area contributed by atoms with E-state index in [1.54, 1.807) is 30.3 Å². The predicted molar refractivity (Wildman–Crippen MR) is 93.7 cm³/mol. The first-order chi connectivity index (χ1) is 11.0. The van der Waals surface area contributed by atoms with E-state index in [1.807, 2.05) is 12.1 Å². The van der Waals surface area contributed by atoms with Gasteiger partial charge in [0.25, 0.3) is 0 Å². The molecule has 0 spiro atoms. The van der Waals surface area contributed by atoms with Crippen molar-refractivity contribution in [3.63, 3.8) is 0 Å². The quantitative estimate of drug-likeness (QED) is 0.796. The summed E-state index contributed by atoms with van der Waals surface area (Å²) in [5, 5.41) is 3.77. The van der Waals surface area contributed by atoms with Crippen LogP contribution in [0.2, 0.25) is 10.0 Å². The van der Waals surface area contributed by atoms with Crippen LogP contribution in [0.15, 0.2) is 42.5 Å². The number of hydrogen-bond donors (Lipinski definition) is 1. The second-order valence-electron chi connectivity index (χ2n) is 4.56. The molecule has 0 saturated heterocycles. The van der Waals surface area contributed by atoms with Gasteiger partial charge in [0.1, 0.15) is 11.5 Å². The number of carbonyl (C=O) groups is 1. The van der Waals surface area contributed by atoms with E-state index in [4.69, 9.17) is 32.7 Å². The minimum absolute atomic E-state index is 0.303. The normalized spacial score (nSPS) is 10.6. The number of nitrogens with one attached hydrogen (secondary N) is 1. The molecule has 23 heavy (non-hydrogen) atoms. The highest BCUT2D eigenvalue weighted by atomic mass is 35.5. The molecule has 2 aromatic carbocycles. The van der Waals surface area contributed by atoms with Crippen LogP contribution in [0.4, 0.5) is 5.69 Å². The number of halogens is 2. The second kappa shape index (κ2) is 7.90. The lowest BCUT2D eigenvalue weighted by atomic mass is 10.2. The molecule has 0 unspecified atom stereocenters. The van der Waals surface area contributed by atoms with Crippen molar-refractivity contribution < 1.29 is 14.3 Å². The summed E-state index contributed by atoms with van der Waals surface area (Å²) in [5.74, 6) is 0.594. The maximum atomic E-state index is 12.1. The standard InChI is InChI=1S/C17H15Cl2NO3/c1-22-15-10-14(16(23-2)9-13(15)19)20-17(21)8-5-11-3-6-12(18)7-4-11/h3-10H,1-2H3,(H,20,21). The maximum Gasteiger partial charge on any atom is 0.248 e. The number of rotatable bonds is 5. The van der Waals surface area contributed by atoms with E-state index in [9.17, 15) is 4.79 Å². The van der Waals surface area contributed by atoms with Gasteiger partial charge < -0.3 is 14.8 Å². The molecule has 0 atom stereocenters. The number of carbonyl (C=O) groups excluding carboxylic acids is 1. The lowest BCUT2D eigenvalue weighted by Gasteiger charge is -2.12. The summed E-state index contributed by atoms with van der Waals surface area (Å²) in [7, 11) is 3.00. The average Bonchev–Trinajstić information content (AvgIpc) is 2.55. The molecule has 0 heterocycles. The number of anilines is 1. The highest BCUT2D eigenvalue weighted by molar-refractivity contribution is 6.32. The highest BCUT2D eigenvalue weighted by Gasteiger charge is 2.11. The van der Waals surface area contributed by atoms with E-state index in [-0.39, 0.29) is 5.91 Å². The number of hydrogen-bond acceptors (Lipinski definition) is 3. The molecule has 2 aromatic rings. The van der Waals surface area contributed by atoms with E-state index in [0.29, 0.717) is 27.2 Å². The monoisotopic (exact) mass is 351 g/mol. The SMILES string of the molecule is COc1cc(NC(=O)C=Cc2ccc(Cl)cc2)c(OC)cc1Cl. The van der Waals surface area contributed by atoms with Crippen LogP contribution < -0.4 is 14.8 Å². The zero-order valence-corrected chi connectivity index (χ0v) is 14.1. The number of ether oxygens (including phenoxy) is 2. The molecular formula is C17H15Cl2NO3. The highest BCUT2D eigenvalue weighted by Crippen LogP contribution is 2.35. The topological polar surface area (TPSA) is 47.6 Å². The molecule has 2 rings (SSSR count). The number of benzene rings is 2. The molecule has 120 valence electrons. The van der Waals surface area contributed by atoms with Crippen molar-refractivity contribution in [3.8, 4) is 11.5 Å². The summed E-state index contributed by atoms with van der Waals surface area (Å²) in [4.78, 5) is 12.1. The third-order valence-corrected chi connectivity index (χ3v) is 3.58. The third kappa shape index (κ3) is 4.65. The number of methoxy groups -OCH3 is 2. The molecule has 0 aliphatic rings. The predicted octanol–water partition coefficient (Wildman–Crippen LogP) is 4.66. The van der Waals surface area contributed by atoms with Gasteiger partial charge in [-0.3, -0.25) is 4.79 Å². The fourth-order valence-corrected chi connectivity index (χ4v) is 2.24. The van der Waals surface area contributed by atoms with E-state index in [0.717, 1.165) is 5.56 Å². The smallest absolute Gasteiger partial charge is 0.248 e. The minimum Gasteiger partial charge on any atom is -0.495 e. The van der Waals surface area contributed by atoms with Crippen molar-refractivity contribution in [2.75, 3.05) is 19.5 Å². The van der Waals surface area contributed by atoms with Gasteiger partial charge in [-0.15, -0.1) is 0 Å². The van der Waals surface area contributed by atoms with Crippen LogP contribution in [-0.2, 0) is 4.79 Å². The molecule has 6 heteroatoms. The van der Waals surface area contributed by atoms with Gasteiger partial charge in [0.05, 0.1) is 24.9 Å². The van der Waals surface area contributed by atoms with Crippen molar-refractivity contribution in [1.82, 2.24) is 0 Å². The van der Waals surface area contributed by atoms with Gasteiger partial charge in [0, 0.05) is 23.2 Å². The van der Waals surface area contributed by atoms with E-state index >= 15 is 0 Å². The maximum absolute atomic E-state index is 12.1. The Balaban J connectivity index is 2.14. The largest absolute Gasteiger partial charge is 0.495 e. The van der Waals surface area contributed by atoms with Crippen molar-refractivity contribution >= 4 is 40.9 Å². The Bertz CT molecular complexity index is 727. The van der Waals surface area contributed by atoms with Gasteiger partial charge in [-0.25, -0.2) is 0 Å². The Kier molecular flexibility index (Phi) is 5.90. The van der Waals surface area contributed by atoms with Gasteiger partial charge in [-0.05, 0) is 23.8 Å². The van der Waals surface area contributed by atoms with Crippen molar-refractivity contribution in [2.24, 2.45) is 0 Å². The summed E-state index contributed by atoms with van der Waals surface area (Å²) in [6, 6.07) is 10.3. The van der Waals surface area contributed by atoms with Crippen LogP contribution in [0.25, 0.3) is 6.08 Å². The zero-order chi connectivity index (χ0) is 16.8. The van der Waals surface area contributed by atoms with Gasteiger partial charge in [-0.2, -0.15) is 0 Å². The Hall–Kier alpha value is -2.17. The molecule has 1 amide bonds. The first-order valence-electron chi connectivity index (χ1n) is 6.69. The summed E-state index contributed by atoms with van der Waals surface area (Å²) >= 11 is 11.8.